The average Bonchev–Trinajstić information content (AvgIpc) is 1.27. The zero-order chi connectivity index (χ0) is 7.21. The molecule has 8 heavy (non-hydrogen) atoms. The fourth-order valence-corrected chi connectivity index (χ4v) is 0. The first-order valence-corrected chi connectivity index (χ1v) is 3.98. The summed E-state index contributed by atoms with van der Waals surface area (Å²) in [6.07, 6.45) is 0. The van der Waals surface area contributed by atoms with Crippen LogP contribution in [0.1, 0.15) is 0 Å². The van der Waals surface area contributed by atoms with E-state index in [0.29, 0.717) is 0 Å². The minimum absolute atomic E-state index is 0.167. The van der Waals surface area contributed by atoms with E-state index in [-0.39, 0.29) is 6.88 Å². The van der Waals surface area contributed by atoms with Crippen LogP contribution in [0, 0.1) is 0 Å². The van der Waals surface area contributed by atoms with Gasteiger partial charge in [0.05, 0.1) is 0 Å². The summed E-state index contributed by atoms with van der Waals surface area (Å²) < 4.78 is 40.5. The van der Waals surface area contributed by atoms with Gasteiger partial charge in [0.1, 0.15) is 0 Å². The van der Waals surface area contributed by atoms with Gasteiger partial charge in [0.2, 0.25) is 0 Å². The van der Waals surface area contributed by atoms with Crippen LogP contribution in [-0.4, -0.2) is 34.8 Å². The van der Waals surface area contributed by atoms with Crippen LogP contribution >= 0.6 is 6.88 Å². The number of hydrogen-bond donors (Lipinski definition) is 2. The normalized spacial score (nSPS) is 10.0. The van der Waals surface area contributed by atoms with E-state index in [0.717, 1.165) is 0 Å². The van der Waals surface area contributed by atoms with Gasteiger partial charge in [-0.25, -0.2) is 0 Å². The van der Waals surface area contributed by atoms with Crippen LogP contribution in [0.4, 0.5) is 0 Å². The third kappa shape index (κ3) is 632. The van der Waals surface area contributed by atoms with Crippen LogP contribution < -0.4 is 0 Å². The van der Waals surface area contributed by atoms with Gasteiger partial charge >= 0.3 is 39.1 Å². The topological polar surface area (TPSA) is 91.7 Å². The molecule has 0 aliphatic carbocycles. The molecule has 0 amide bonds. The Morgan fingerprint density at radius 2 is 1.38 bits per heavy atom. The Morgan fingerprint density at radius 1 is 1.38 bits per heavy atom. The van der Waals surface area contributed by atoms with E-state index in [9.17, 15) is 0 Å². The van der Waals surface area contributed by atoms with Crippen molar-refractivity contribution in [3.8, 4) is 0 Å². The molecule has 0 atom stereocenters. The quantitative estimate of drug-likeness (QED) is 0.282. The molecule has 0 radical (unpaired) electrons. The van der Waals surface area contributed by atoms with Gasteiger partial charge in [-0.05, 0) is 0 Å². The molecule has 0 aliphatic rings. The third-order valence-electron chi connectivity index (χ3n) is 0. The molecular formula is H2LiO5PS. The Bertz CT molecular complexity index is 127. The molecule has 44 valence electrons. The van der Waals surface area contributed by atoms with Crippen molar-refractivity contribution in [1.82, 2.24) is 0 Å². The number of hydrogen-bond acceptors (Lipinski definition) is 3. The van der Waals surface area contributed by atoms with Gasteiger partial charge in [0, 0.05) is 0 Å². The molecule has 0 aromatic carbocycles. The fraction of sp³-hybridized carbons (Fsp3) is 0. The van der Waals surface area contributed by atoms with E-state index in [4.69, 9.17) is 22.1 Å². The first kappa shape index (κ1) is 11.4. The summed E-state index contributed by atoms with van der Waals surface area (Å²) in [5.74, 6) is 0. The molecule has 0 bridgehead atoms. The van der Waals surface area contributed by atoms with Crippen LogP contribution in [-0.2, 0) is 15.0 Å². The first-order chi connectivity index (χ1) is 3.41. The molecule has 0 rings (SSSR count). The Hall–Kier alpha value is 0.567. The van der Waals surface area contributed by atoms with E-state index < -0.39 is 10.4 Å². The summed E-state index contributed by atoms with van der Waals surface area (Å²) in [5.41, 5.74) is 0. The molecule has 0 unspecified atom stereocenters. The van der Waals surface area contributed by atoms with Gasteiger partial charge in [-0.1, -0.05) is 0 Å². The van der Waals surface area contributed by atoms with Crippen molar-refractivity contribution in [2.24, 2.45) is 0 Å². The zero-order valence-electron chi connectivity index (χ0n) is 3.97. The van der Waals surface area contributed by atoms with Gasteiger partial charge < -0.3 is 0 Å². The second-order valence-corrected chi connectivity index (χ2v) is 1.89. The molecule has 0 aromatic heterocycles. The van der Waals surface area contributed by atoms with Crippen LogP contribution in [0.3, 0.4) is 0 Å². The zero-order valence-corrected chi connectivity index (χ0v) is 5.69. The summed E-state index contributed by atoms with van der Waals surface area (Å²) >= 11 is 1.54. The van der Waals surface area contributed by atoms with Gasteiger partial charge in [0.15, 0.2) is 0 Å². The van der Waals surface area contributed by atoms with Crippen molar-refractivity contribution in [2.75, 3.05) is 0 Å². The number of rotatable bonds is 0. The molecule has 2 N–H and O–H groups in total. The summed E-state index contributed by atoms with van der Waals surface area (Å²) in [5, 5.41) is 0. The van der Waals surface area contributed by atoms with Crippen molar-refractivity contribution >= 4 is 34.5 Å². The monoisotopic (exact) mass is 152 g/mol. The molecule has 0 fully saturated rings. The molecular weight excluding hydrogens is 150 g/mol. The maximum absolute atomic E-state index is 8.90. The molecule has 5 nitrogen and oxygen atoms in total. The summed E-state index contributed by atoms with van der Waals surface area (Å²) in [4.78, 5) is 0. The second kappa shape index (κ2) is 5.70. The molecule has 0 heterocycles. The van der Waals surface area contributed by atoms with E-state index in [2.05, 4.69) is 0 Å². The minimum atomic E-state index is -4.67. The van der Waals surface area contributed by atoms with E-state index in [1.54, 1.807) is 17.2 Å². The van der Waals surface area contributed by atoms with Crippen LogP contribution in [0.5, 0.6) is 0 Å². The fourth-order valence-electron chi connectivity index (χ4n) is 0. The van der Waals surface area contributed by atoms with Crippen LogP contribution in [0.15, 0.2) is 0 Å². The Kier molecular flexibility index (Phi) is 8.10. The molecule has 8 heteroatoms. The summed E-state index contributed by atoms with van der Waals surface area (Å²) in [6, 6.07) is 0. The van der Waals surface area contributed by atoms with Crippen molar-refractivity contribution < 1.29 is 22.1 Å². The van der Waals surface area contributed by atoms with Gasteiger partial charge in [-0.15, -0.1) is 0 Å². The van der Waals surface area contributed by atoms with Crippen LogP contribution in [0.25, 0.3) is 0 Å². The Labute approximate surface area is 57.0 Å². The van der Waals surface area contributed by atoms with Crippen molar-refractivity contribution in [3.05, 3.63) is 0 Å². The van der Waals surface area contributed by atoms with E-state index in [1.807, 2.05) is 0 Å². The van der Waals surface area contributed by atoms with Crippen molar-refractivity contribution in [1.29, 1.82) is 0 Å². The SMILES string of the molecule is O=S(=O)(O)O.[Li][P]=O. The van der Waals surface area contributed by atoms with Gasteiger partial charge in [0.25, 0.3) is 0 Å². The average molecular weight is 152 g/mol. The Morgan fingerprint density at radius 3 is 1.38 bits per heavy atom. The molecule has 0 spiro atoms. The van der Waals surface area contributed by atoms with E-state index in [1.165, 1.54) is 0 Å². The predicted octanol–water partition coefficient (Wildman–Crippen LogP) is -0.291. The second-order valence-electron chi connectivity index (χ2n) is 0.630. The molecule has 0 aromatic rings. The Balaban J connectivity index is 0. The van der Waals surface area contributed by atoms with E-state index >= 15 is 0 Å². The molecule has 0 saturated heterocycles. The summed E-state index contributed by atoms with van der Waals surface area (Å²) in [6.45, 7) is 0.167. The molecule has 0 saturated carbocycles. The van der Waals surface area contributed by atoms with Crippen molar-refractivity contribution in [3.63, 3.8) is 0 Å². The third-order valence-corrected chi connectivity index (χ3v) is 0. The van der Waals surface area contributed by atoms with Gasteiger partial charge in [-0.2, -0.15) is 8.42 Å². The molecule has 0 aliphatic heterocycles. The summed E-state index contributed by atoms with van der Waals surface area (Å²) in [7, 11) is -4.67. The maximum atomic E-state index is 8.90. The van der Waals surface area contributed by atoms with Crippen molar-refractivity contribution in [2.45, 2.75) is 0 Å². The standard InChI is InChI=1S/Li.H2O4S.OP/c;1-5(2,3)4;1-2/h;(H2,1,2,3,4);/q+1;;-1. The first-order valence-electron chi connectivity index (χ1n) is 1.33. The van der Waals surface area contributed by atoms with Crippen LogP contribution in [0.2, 0.25) is 0 Å². The van der Waals surface area contributed by atoms with Gasteiger partial charge in [-0.3, -0.25) is 9.11 Å². The predicted molar refractivity (Wildman–Crippen MR) is 27.5 cm³/mol.